The largest absolute Gasteiger partial charge is 0.368 e. The van der Waals surface area contributed by atoms with Gasteiger partial charge in [0.2, 0.25) is 0 Å². The number of amides is 2. The third-order valence-corrected chi connectivity index (χ3v) is 5.06. The lowest BCUT2D eigenvalue weighted by Crippen LogP contribution is -2.50. The summed E-state index contributed by atoms with van der Waals surface area (Å²) in [6.45, 7) is 3.00. The molecule has 126 valence electrons. The molecule has 24 heavy (non-hydrogen) atoms. The highest BCUT2D eigenvalue weighted by atomic mass is 35.5. The maximum absolute atomic E-state index is 12.4. The van der Waals surface area contributed by atoms with Gasteiger partial charge in [0.1, 0.15) is 0 Å². The van der Waals surface area contributed by atoms with Crippen LogP contribution >= 0.6 is 23.4 Å². The SMILES string of the molecule is CSc1ccc(NC(=O)N2CCN(c3cccc(Cl)c3)CC2)cc1. The summed E-state index contributed by atoms with van der Waals surface area (Å²) in [5, 5.41) is 3.70. The summed E-state index contributed by atoms with van der Waals surface area (Å²) in [6.07, 6.45) is 2.03. The third kappa shape index (κ3) is 4.16. The van der Waals surface area contributed by atoms with Gasteiger partial charge in [-0.25, -0.2) is 4.79 Å². The van der Waals surface area contributed by atoms with Gasteiger partial charge in [-0.05, 0) is 48.7 Å². The number of carbonyl (C=O) groups is 1. The van der Waals surface area contributed by atoms with Crippen molar-refractivity contribution in [3.8, 4) is 0 Å². The van der Waals surface area contributed by atoms with Crippen molar-refractivity contribution in [3.63, 3.8) is 0 Å². The molecule has 0 bridgehead atoms. The first kappa shape index (κ1) is 17.0. The number of nitrogens with one attached hydrogen (secondary N) is 1. The summed E-state index contributed by atoms with van der Waals surface area (Å²) in [6, 6.07) is 15.7. The lowest BCUT2D eigenvalue weighted by molar-refractivity contribution is 0.208. The standard InChI is InChI=1S/C18H20ClN3OS/c1-24-17-7-5-15(6-8-17)20-18(23)22-11-9-21(10-12-22)16-4-2-3-14(19)13-16/h2-8,13H,9-12H2,1H3,(H,20,23). The minimum Gasteiger partial charge on any atom is -0.368 e. The van der Waals surface area contributed by atoms with Crippen molar-refractivity contribution in [1.29, 1.82) is 0 Å². The second-order valence-corrected chi connectivity index (χ2v) is 6.93. The number of piperazine rings is 1. The highest BCUT2D eigenvalue weighted by Gasteiger charge is 2.21. The van der Waals surface area contributed by atoms with E-state index in [-0.39, 0.29) is 6.03 Å². The van der Waals surface area contributed by atoms with Crippen LogP contribution in [-0.4, -0.2) is 43.4 Å². The summed E-state index contributed by atoms with van der Waals surface area (Å²) < 4.78 is 0. The molecule has 2 aromatic rings. The van der Waals surface area contributed by atoms with Crippen molar-refractivity contribution >= 4 is 40.8 Å². The average Bonchev–Trinajstić information content (AvgIpc) is 2.62. The Kier molecular flexibility index (Phi) is 5.53. The van der Waals surface area contributed by atoms with E-state index in [2.05, 4.69) is 16.3 Å². The van der Waals surface area contributed by atoms with E-state index >= 15 is 0 Å². The number of anilines is 2. The first-order valence-electron chi connectivity index (χ1n) is 7.86. The van der Waals surface area contributed by atoms with Gasteiger partial charge in [0.05, 0.1) is 0 Å². The second kappa shape index (κ2) is 7.81. The Morgan fingerprint density at radius 1 is 1.08 bits per heavy atom. The van der Waals surface area contributed by atoms with Crippen LogP contribution in [0.5, 0.6) is 0 Å². The summed E-state index contributed by atoms with van der Waals surface area (Å²) in [5.41, 5.74) is 1.94. The van der Waals surface area contributed by atoms with Gasteiger partial charge >= 0.3 is 6.03 Å². The van der Waals surface area contributed by atoms with Crippen molar-refractivity contribution < 1.29 is 4.79 Å². The monoisotopic (exact) mass is 361 g/mol. The Bertz CT molecular complexity index is 700. The van der Waals surface area contributed by atoms with E-state index in [1.807, 2.05) is 53.6 Å². The molecule has 1 saturated heterocycles. The predicted molar refractivity (Wildman–Crippen MR) is 102 cm³/mol. The first-order valence-corrected chi connectivity index (χ1v) is 9.46. The fourth-order valence-corrected chi connectivity index (χ4v) is 3.31. The molecule has 1 heterocycles. The average molecular weight is 362 g/mol. The summed E-state index contributed by atoms with van der Waals surface area (Å²) >= 11 is 7.74. The van der Waals surface area contributed by atoms with Crippen LogP contribution in [0.25, 0.3) is 0 Å². The van der Waals surface area contributed by atoms with Crippen LogP contribution in [-0.2, 0) is 0 Å². The van der Waals surface area contributed by atoms with Crippen molar-refractivity contribution in [3.05, 3.63) is 53.6 Å². The van der Waals surface area contributed by atoms with Gasteiger partial charge in [-0.1, -0.05) is 17.7 Å². The lowest BCUT2D eigenvalue weighted by atomic mass is 10.2. The van der Waals surface area contributed by atoms with Crippen LogP contribution in [0.2, 0.25) is 5.02 Å². The Labute approximate surface area is 151 Å². The Morgan fingerprint density at radius 3 is 2.42 bits per heavy atom. The molecule has 0 aromatic heterocycles. The fourth-order valence-electron chi connectivity index (χ4n) is 2.72. The number of rotatable bonds is 3. The Balaban J connectivity index is 1.54. The third-order valence-electron chi connectivity index (χ3n) is 4.08. The molecule has 2 aromatic carbocycles. The number of hydrogen-bond acceptors (Lipinski definition) is 3. The molecular formula is C18H20ClN3OS. The molecule has 0 spiro atoms. The summed E-state index contributed by atoms with van der Waals surface area (Å²) in [7, 11) is 0. The van der Waals surface area contributed by atoms with Gasteiger partial charge in [-0.3, -0.25) is 0 Å². The minimum absolute atomic E-state index is 0.0438. The van der Waals surface area contributed by atoms with E-state index in [0.29, 0.717) is 13.1 Å². The van der Waals surface area contributed by atoms with Gasteiger partial charge in [0, 0.05) is 47.5 Å². The van der Waals surface area contributed by atoms with E-state index in [0.717, 1.165) is 29.5 Å². The topological polar surface area (TPSA) is 35.6 Å². The van der Waals surface area contributed by atoms with E-state index < -0.39 is 0 Å². The molecule has 3 rings (SSSR count). The molecule has 1 fully saturated rings. The number of urea groups is 1. The van der Waals surface area contributed by atoms with Crippen LogP contribution in [0.15, 0.2) is 53.4 Å². The normalized spacial score (nSPS) is 14.6. The van der Waals surface area contributed by atoms with Gasteiger partial charge in [0.25, 0.3) is 0 Å². The number of thioether (sulfide) groups is 1. The zero-order valence-corrected chi connectivity index (χ0v) is 15.1. The molecule has 1 aliphatic heterocycles. The molecule has 2 amide bonds. The molecule has 0 radical (unpaired) electrons. The quantitative estimate of drug-likeness (QED) is 0.822. The van der Waals surface area contributed by atoms with Crippen molar-refractivity contribution in [2.45, 2.75) is 4.90 Å². The van der Waals surface area contributed by atoms with Crippen LogP contribution < -0.4 is 10.2 Å². The Hall–Kier alpha value is -1.85. The molecule has 0 unspecified atom stereocenters. The smallest absolute Gasteiger partial charge is 0.321 e. The van der Waals surface area contributed by atoms with Crippen LogP contribution in [0.4, 0.5) is 16.2 Å². The fraction of sp³-hybridized carbons (Fsp3) is 0.278. The summed E-state index contributed by atoms with van der Waals surface area (Å²) in [5.74, 6) is 0. The molecular weight excluding hydrogens is 342 g/mol. The number of hydrogen-bond donors (Lipinski definition) is 1. The lowest BCUT2D eigenvalue weighted by Gasteiger charge is -2.36. The van der Waals surface area contributed by atoms with E-state index in [1.165, 1.54) is 4.90 Å². The summed E-state index contributed by atoms with van der Waals surface area (Å²) in [4.78, 5) is 17.7. The number of halogens is 1. The molecule has 0 aliphatic carbocycles. The van der Waals surface area contributed by atoms with Crippen LogP contribution in [0.3, 0.4) is 0 Å². The van der Waals surface area contributed by atoms with E-state index in [9.17, 15) is 4.79 Å². The van der Waals surface area contributed by atoms with Gasteiger partial charge in [-0.2, -0.15) is 0 Å². The molecule has 0 saturated carbocycles. The first-order chi connectivity index (χ1) is 11.7. The zero-order chi connectivity index (χ0) is 16.9. The molecule has 1 aliphatic rings. The number of nitrogens with zero attached hydrogens (tertiary/aromatic N) is 2. The van der Waals surface area contributed by atoms with E-state index in [4.69, 9.17) is 11.6 Å². The van der Waals surface area contributed by atoms with Gasteiger partial charge in [0.15, 0.2) is 0 Å². The predicted octanol–water partition coefficient (Wildman–Crippen LogP) is 4.42. The molecule has 4 nitrogen and oxygen atoms in total. The zero-order valence-electron chi connectivity index (χ0n) is 13.5. The van der Waals surface area contributed by atoms with Crippen molar-refractivity contribution in [2.75, 3.05) is 42.7 Å². The minimum atomic E-state index is -0.0438. The van der Waals surface area contributed by atoms with Gasteiger partial charge in [-0.15, -0.1) is 11.8 Å². The number of benzene rings is 2. The second-order valence-electron chi connectivity index (χ2n) is 5.61. The maximum atomic E-state index is 12.4. The molecule has 0 atom stereocenters. The Morgan fingerprint density at radius 2 is 1.79 bits per heavy atom. The van der Waals surface area contributed by atoms with Crippen LogP contribution in [0.1, 0.15) is 0 Å². The van der Waals surface area contributed by atoms with Crippen molar-refractivity contribution in [1.82, 2.24) is 4.90 Å². The highest BCUT2D eigenvalue weighted by molar-refractivity contribution is 7.98. The highest BCUT2D eigenvalue weighted by Crippen LogP contribution is 2.21. The van der Waals surface area contributed by atoms with E-state index in [1.54, 1.807) is 11.8 Å². The molecule has 6 heteroatoms. The maximum Gasteiger partial charge on any atom is 0.321 e. The van der Waals surface area contributed by atoms with Gasteiger partial charge < -0.3 is 15.1 Å². The number of carbonyl (C=O) groups excluding carboxylic acids is 1. The van der Waals surface area contributed by atoms with Crippen molar-refractivity contribution in [2.24, 2.45) is 0 Å². The molecule has 1 N–H and O–H groups in total. The van der Waals surface area contributed by atoms with Crippen LogP contribution in [0, 0.1) is 0 Å².